The maximum atomic E-state index is 12.7. The molecule has 1 fully saturated rings. The minimum atomic E-state index is -0.616. The van der Waals surface area contributed by atoms with E-state index in [2.05, 4.69) is 5.32 Å². The summed E-state index contributed by atoms with van der Waals surface area (Å²) in [5, 5.41) is 3.26. The van der Waals surface area contributed by atoms with Crippen LogP contribution in [-0.2, 0) is 55.1 Å². The number of esters is 1. The van der Waals surface area contributed by atoms with E-state index in [1.165, 1.54) is 13.2 Å². The van der Waals surface area contributed by atoms with Crippen molar-refractivity contribution in [2.75, 3.05) is 26.5 Å². The van der Waals surface area contributed by atoms with Crippen molar-refractivity contribution in [2.45, 2.75) is 25.3 Å². The molecule has 2 rings (SSSR count). The average molecular weight is 432 g/mol. The molecule has 1 amide bonds. The molecule has 0 bridgehead atoms. The van der Waals surface area contributed by atoms with Crippen molar-refractivity contribution in [3.63, 3.8) is 0 Å². The van der Waals surface area contributed by atoms with Crippen LogP contribution in [0.2, 0.25) is 5.02 Å². The molecule has 1 aromatic carbocycles. The Labute approximate surface area is 172 Å². The Balaban J connectivity index is 0.00000264. The topological polar surface area (TPSA) is 55.4 Å². The number of carbonyl (C=O) groups is 2. The summed E-state index contributed by atoms with van der Waals surface area (Å²) in [6.07, 6.45) is 1.46. The Morgan fingerprint density at radius 3 is 2.35 bits per heavy atom. The summed E-state index contributed by atoms with van der Waals surface area (Å²) in [4.78, 5) is 24.6. The van der Waals surface area contributed by atoms with Crippen molar-refractivity contribution in [2.24, 2.45) is 0 Å². The molecule has 1 N–H and O–H groups in total. The van der Waals surface area contributed by atoms with Gasteiger partial charge >= 0.3 is 5.97 Å². The Morgan fingerprint density at radius 2 is 1.91 bits per heavy atom. The summed E-state index contributed by atoms with van der Waals surface area (Å²) in [6, 6.07) is 3.18. The van der Waals surface area contributed by atoms with Crippen molar-refractivity contribution in [1.29, 1.82) is 0 Å². The van der Waals surface area contributed by atoms with Gasteiger partial charge in [-0.05, 0) is 24.6 Å². The van der Waals surface area contributed by atoms with E-state index in [-0.39, 0.29) is 48.1 Å². The quantitative estimate of drug-likeness (QED) is 0.452. The van der Waals surface area contributed by atoms with Gasteiger partial charge in [0.1, 0.15) is 0 Å². The first-order valence-corrected chi connectivity index (χ1v) is 7.62. The number of hydrogen-bond acceptors (Lipinski definition) is 4. The van der Waals surface area contributed by atoms with Gasteiger partial charge in [-0.25, -0.2) is 4.79 Å². The normalized spacial score (nSPS) is 15.4. The van der Waals surface area contributed by atoms with E-state index in [0.717, 1.165) is 12.8 Å². The number of halogens is 1. The number of methoxy groups -OCH3 is 1. The number of nitrogens with one attached hydrogen (secondary N) is 1. The number of ether oxygens (including phenoxy) is 1. The number of hydrogen-bond donors (Lipinski definition) is 1. The first-order valence-electron chi connectivity index (χ1n) is 6.87. The van der Waals surface area contributed by atoms with Crippen LogP contribution < -0.4 is 5.32 Å². The van der Waals surface area contributed by atoms with Gasteiger partial charge in [0.25, 0.3) is 5.91 Å². The third-order valence-corrected chi connectivity index (χ3v) is 4.69. The molecule has 1 aliphatic carbocycles. The largest absolute Gasteiger partial charge is 0.494 e. The number of aryl methyl sites for hydroxylation is 1. The van der Waals surface area contributed by atoms with Crippen LogP contribution in [0.25, 0.3) is 0 Å². The second-order valence-corrected chi connectivity index (χ2v) is 7.32. The molecule has 0 spiro atoms. The summed E-state index contributed by atoms with van der Waals surface area (Å²) in [5.74, 6) is -0.721. The monoisotopic (exact) mass is 431 g/mol. The van der Waals surface area contributed by atoms with Gasteiger partial charge in [0.2, 0.25) is 0 Å². The molecule has 8 heteroatoms. The molecule has 123 valence electrons. The maximum Gasteiger partial charge on any atom is 0.340 e. The Kier molecular flexibility index (Phi) is 6.73. The van der Waals surface area contributed by atoms with Crippen molar-refractivity contribution in [3.8, 4) is 0 Å². The third-order valence-electron chi connectivity index (χ3n) is 4.12. The predicted molar refractivity (Wildman–Crippen MR) is 87.6 cm³/mol. The molecule has 1 aliphatic rings. The van der Waals surface area contributed by atoms with Crippen LogP contribution in [0.15, 0.2) is 12.1 Å². The molecule has 1 aromatic rings. The third kappa shape index (κ3) is 4.10. The Bertz CT molecular complexity index is 642. The van der Waals surface area contributed by atoms with Crippen LogP contribution in [0.5, 0.6) is 0 Å². The fourth-order valence-electron chi connectivity index (χ4n) is 2.54. The smallest absolute Gasteiger partial charge is 0.340 e. The second kappa shape index (κ2) is 7.40. The molecule has 0 aromatic heterocycles. The number of anilines is 1. The number of amides is 1. The summed E-state index contributed by atoms with van der Waals surface area (Å²) in [6.45, 7) is 1.78. The van der Waals surface area contributed by atoms with Gasteiger partial charge < -0.3 is 26.8 Å². The first kappa shape index (κ1) is 20.9. The van der Waals surface area contributed by atoms with Crippen LogP contribution in [0, 0.1) is 6.92 Å². The van der Waals surface area contributed by atoms with Crippen LogP contribution >= 0.6 is 11.6 Å². The summed E-state index contributed by atoms with van der Waals surface area (Å²) < 4.78 is 4.90. The molecule has 0 heterocycles. The number of quaternary nitrogens is 1. The van der Waals surface area contributed by atoms with E-state index in [9.17, 15) is 9.59 Å². The van der Waals surface area contributed by atoms with E-state index < -0.39 is 11.5 Å². The van der Waals surface area contributed by atoms with Crippen molar-refractivity contribution in [3.05, 3.63) is 28.3 Å². The van der Waals surface area contributed by atoms with Crippen molar-refractivity contribution >= 4 is 42.0 Å². The number of carbonyl (C=O) groups excluding carboxylic acids is 2. The molecule has 5 nitrogen and oxygen atoms in total. The number of likely N-dealkylation sites (N-methyl/N-ethyl adjacent to an activating group) is 1. The summed E-state index contributed by atoms with van der Waals surface area (Å²) in [5.41, 5.74) is 0.753. The predicted octanol–water partition coefficient (Wildman–Crippen LogP) is 2.44. The molecular weight excluding hydrogens is 413 g/mol. The van der Waals surface area contributed by atoms with Gasteiger partial charge in [0.15, 0.2) is 5.54 Å². The standard InChI is InChI=1S/C15H19ClN2O3S.Y/c1-9-7-10(16)8-11(13(19)21-4)12(9)17-14(20)15(5-6-15)18(2,3)22;/h7-8H,5-6H2,1-4H3,(H,17,20);. The fourth-order valence-corrected chi connectivity index (χ4v) is 3.08. The van der Waals surface area contributed by atoms with E-state index in [4.69, 9.17) is 29.2 Å². The van der Waals surface area contributed by atoms with E-state index in [0.29, 0.717) is 16.3 Å². The molecule has 0 atom stereocenters. The molecular formula is C15H19ClN2O3SY. The molecule has 1 saturated carbocycles. The fraction of sp³-hybridized carbons (Fsp3) is 0.467. The maximum absolute atomic E-state index is 12.7. The summed E-state index contributed by atoms with van der Waals surface area (Å²) in [7, 11) is 4.92. The summed E-state index contributed by atoms with van der Waals surface area (Å²) >= 11 is 11.4. The zero-order valence-electron chi connectivity index (χ0n) is 13.6. The Morgan fingerprint density at radius 1 is 1.35 bits per heavy atom. The van der Waals surface area contributed by atoms with Crippen molar-refractivity contribution < 1.29 is 50.9 Å². The molecule has 0 saturated heterocycles. The van der Waals surface area contributed by atoms with E-state index >= 15 is 0 Å². The average Bonchev–Trinajstić information content (AvgIpc) is 3.21. The minimum absolute atomic E-state index is 0. The zero-order chi connectivity index (χ0) is 16.7. The number of benzene rings is 1. The van der Waals surface area contributed by atoms with E-state index in [1.54, 1.807) is 13.0 Å². The van der Waals surface area contributed by atoms with Gasteiger partial charge in [-0.15, -0.1) is 0 Å². The molecule has 0 unspecified atom stereocenters. The number of rotatable bonds is 4. The first-order chi connectivity index (χ1) is 10.1. The van der Waals surface area contributed by atoms with Crippen LogP contribution in [0.4, 0.5) is 5.69 Å². The van der Waals surface area contributed by atoms with Gasteiger partial charge in [0, 0.05) is 50.6 Å². The SMILES string of the molecule is COC(=O)c1cc(Cl)cc(C)c1NC(=O)C1([N+](C)(C)[S-])CC1.[Y]. The van der Waals surface area contributed by atoms with Gasteiger partial charge in [-0.3, -0.25) is 4.79 Å². The Hall–Kier alpha value is -0.136. The zero-order valence-corrected chi connectivity index (χ0v) is 18.0. The van der Waals surface area contributed by atoms with Gasteiger partial charge in [-0.1, -0.05) is 11.6 Å². The van der Waals surface area contributed by atoms with Gasteiger partial charge in [0.05, 0.1) is 32.5 Å². The molecule has 0 aliphatic heterocycles. The van der Waals surface area contributed by atoms with Crippen LogP contribution in [0.3, 0.4) is 0 Å². The van der Waals surface area contributed by atoms with E-state index in [1.807, 2.05) is 14.1 Å². The number of nitrogens with zero attached hydrogens (tertiary/aromatic N) is 1. The van der Waals surface area contributed by atoms with Crippen LogP contribution in [-0.4, -0.2) is 42.5 Å². The minimum Gasteiger partial charge on any atom is -0.494 e. The molecule has 1 radical (unpaired) electrons. The van der Waals surface area contributed by atoms with Gasteiger partial charge in [-0.2, -0.15) is 0 Å². The molecule has 23 heavy (non-hydrogen) atoms. The van der Waals surface area contributed by atoms with Crippen LogP contribution in [0.1, 0.15) is 28.8 Å². The second-order valence-electron chi connectivity index (χ2n) is 5.97. The van der Waals surface area contributed by atoms with Crippen molar-refractivity contribution in [1.82, 2.24) is 0 Å².